The summed E-state index contributed by atoms with van der Waals surface area (Å²) >= 11 is 5.96. The fourth-order valence-electron chi connectivity index (χ4n) is 1.42. The van der Waals surface area contributed by atoms with Crippen molar-refractivity contribution in [2.75, 3.05) is 0 Å². The highest BCUT2D eigenvalue weighted by Gasteiger charge is 2.10. The maximum atomic E-state index is 9.38. The minimum absolute atomic E-state index is 0.255. The van der Waals surface area contributed by atoms with Crippen molar-refractivity contribution >= 4 is 11.6 Å². The van der Waals surface area contributed by atoms with E-state index in [0.29, 0.717) is 10.9 Å². The molecule has 0 aliphatic rings. The van der Waals surface area contributed by atoms with Gasteiger partial charge in [-0.3, -0.25) is 0 Å². The number of halogens is 1. The Labute approximate surface area is 84.4 Å². The van der Waals surface area contributed by atoms with E-state index in [9.17, 15) is 5.11 Å². The lowest BCUT2D eigenvalue weighted by Gasteiger charge is -2.13. The number of hydrogen-bond acceptors (Lipinski definition) is 1. The highest BCUT2D eigenvalue weighted by molar-refractivity contribution is 6.31. The van der Waals surface area contributed by atoms with E-state index in [1.165, 1.54) is 0 Å². The standard InChI is InChI=1S/C11H15ClO/c1-4-7(2)10-5-9(13)6-11(12)8(10)3/h5-7,13H,4H2,1-3H3. The van der Waals surface area contributed by atoms with Crippen molar-refractivity contribution in [3.05, 3.63) is 28.3 Å². The maximum absolute atomic E-state index is 9.38. The molecule has 1 N–H and O–H groups in total. The Balaban J connectivity index is 3.20. The van der Waals surface area contributed by atoms with E-state index in [1.807, 2.05) is 6.92 Å². The minimum Gasteiger partial charge on any atom is -0.508 e. The molecule has 0 saturated heterocycles. The molecule has 1 rings (SSSR count). The van der Waals surface area contributed by atoms with Crippen LogP contribution in [0, 0.1) is 6.92 Å². The van der Waals surface area contributed by atoms with E-state index < -0.39 is 0 Å². The molecule has 0 aliphatic heterocycles. The largest absolute Gasteiger partial charge is 0.508 e. The van der Waals surface area contributed by atoms with Crippen LogP contribution in [-0.4, -0.2) is 5.11 Å². The predicted molar refractivity (Wildman–Crippen MR) is 56.6 cm³/mol. The molecule has 0 aliphatic carbocycles. The van der Waals surface area contributed by atoms with Crippen LogP contribution < -0.4 is 0 Å². The lowest BCUT2D eigenvalue weighted by molar-refractivity contribution is 0.473. The third-order valence-electron chi connectivity index (χ3n) is 2.51. The Morgan fingerprint density at radius 2 is 2.08 bits per heavy atom. The molecular weight excluding hydrogens is 184 g/mol. The van der Waals surface area contributed by atoms with Gasteiger partial charge in [-0.05, 0) is 42.5 Å². The summed E-state index contributed by atoms with van der Waals surface area (Å²) in [6.07, 6.45) is 1.06. The van der Waals surface area contributed by atoms with Crippen LogP contribution in [0.15, 0.2) is 12.1 Å². The summed E-state index contributed by atoms with van der Waals surface area (Å²) in [5.74, 6) is 0.704. The fourth-order valence-corrected chi connectivity index (χ4v) is 1.64. The lowest BCUT2D eigenvalue weighted by Crippen LogP contribution is -1.95. The first-order valence-corrected chi connectivity index (χ1v) is 4.93. The van der Waals surface area contributed by atoms with Gasteiger partial charge in [-0.1, -0.05) is 25.4 Å². The van der Waals surface area contributed by atoms with Crippen molar-refractivity contribution in [3.8, 4) is 5.75 Å². The Bertz CT molecular complexity index is 307. The molecule has 72 valence electrons. The Kier molecular flexibility index (Phi) is 3.21. The highest BCUT2D eigenvalue weighted by Crippen LogP contribution is 2.31. The van der Waals surface area contributed by atoms with E-state index in [-0.39, 0.29) is 5.75 Å². The van der Waals surface area contributed by atoms with Gasteiger partial charge >= 0.3 is 0 Å². The van der Waals surface area contributed by atoms with Crippen LogP contribution in [0.1, 0.15) is 37.3 Å². The molecule has 1 aromatic carbocycles. The van der Waals surface area contributed by atoms with Gasteiger partial charge in [0.2, 0.25) is 0 Å². The summed E-state index contributed by atoms with van der Waals surface area (Å²) in [6, 6.07) is 3.39. The number of phenols is 1. The number of rotatable bonds is 2. The Morgan fingerprint density at radius 1 is 1.46 bits per heavy atom. The fraction of sp³-hybridized carbons (Fsp3) is 0.455. The second-order valence-corrected chi connectivity index (χ2v) is 3.86. The number of benzene rings is 1. The molecule has 2 heteroatoms. The molecule has 1 unspecified atom stereocenters. The zero-order chi connectivity index (χ0) is 10.0. The predicted octanol–water partition coefficient (Wildman–Crippen LogP) is 3.87. The third-order valence-corrected chi connectivity index (χ3v) is 2.91. The molecule has 0 saturated carbocycles. The Hall–Kier alpha value is -0.690. The van der Waals surface area contributed by atoms with Gasteiger partial charge in [0, 0.05) is 5.02 Å². The van der Waals surface area contributed by atoms with Crippen LogP contribution in [0.25, 0.3) is 0 Å². The van der Waals surface area contributed by atoms with E-state index in [4.69, 9.17) is 11.6 Å². The van der Waals surface area contributed by atoms with Gasteiger partial charge in [0.05, 0.1) is 0 Å². The Morgan fingerprint density at radius 3 is 2.62 bits per heavy atom. The third kappa shape index (κ3) is 2.16. The maximum Gasteiger partial charge on any atom is 0.117 e. The molecule has 13 heavy (non-hydrogen) atoms. The second kappa shape index (κ2) is 4.01. The zero-order valence-electron chi connectivity index (χ0n) is 8.26. The monoisotopic (exact) mass is 198 g/mol. The molecule has 0 heterocycles. The molecule has 1 nitrogen and oxygen atoms in total. The smallest absolute Gasteiger partial charge is 0.117 e. The van der Waals surface area contributed by atoms with Crippen molar-refractivity contribution in [1.82, 2.24) is 0 Å². The summed E-state index contributed by atoms with van der Waals surface area (Å²) in [5, 5.41) is 10.0. The van der Waals surface area contributed by atoms with Gasteiger partial charge < -0.3 is 5.11 Å². The van der Waals surface area contributed by atoms with E-state index >= 15 is 0 Å². The van der Waals surface area contributed by atoms with Crippen molar-refractivity contribution in [3.63, 3.8) is 0 Å². The van der Waals surface area contributed by atoms with Crippen molar-refractivity contribution in [2.45, 2.75) is 33.1 Å². The first kappa shape index (κ1) is 10.4. The van der Waals surface area contributed by atoms with Crippen molar-refractivity contribution < 1.29 is 5.11 Å². The molecule has 1 atom stereocenters. The number of hydrogen-bond donors (Lipinski definition) is 1. The zero-order valence-corrected chi connectivity index (χ0v) is 9.02. The molecule has 0 amide bonds. The van der Waals surface area contributed by atoms with E-state index in [2.05, 4.69) is 13.8 Å². The molecule has 0 bridgehead atoms. The lowest BCUT2D eigenvalue weighted by atomic mass is 9.94. The summed E-state index contributed by atoms with van der Waals surface area (Å²) < 4.78 is 0. The first-order valence-electron chi connectivity index (χ1n) is 4.55. The number of aromatic hydroxyl groups is 1. The normalized spacial score (nSPS) is 12.9. The van der Waals surface area contributed by atoms with Crippen LogP contribution in [-0.2, 0) is 0 Å². The van der Waals surface area contributed by atoms with Gasteiger partial charge in [-0.25, -0.2) is 0 Å². The summed E-state index contributed by atoms with van der Waals surface area (Å²) in [7, 11) is 0. The van der Waals surface area contributed by atoms with E-state index in [0.717, 1.165) is 17.5 Å². The second-order valence-electron chi connectivity index (χ2n) is 3.45. The van der Waals surface area contributed by atoms with Crippen LogP contribution in [0.2, 0.25) is 5.02 Å². The summed E-state index contributed by atoms with van der Waals surface area (Å²) in [5.41, 5.74) is 2.22. The topological polar surface area (TPSA) is 20.2 Å². The molecular formula is C11H15ClO. The van der Waals surface area contributed by atoms with Gasteiger partial charge in [0.15, 0.2) is 0 Å². The van der Waals surface area contributed by atoms with E-state index in [1.54, 1.807) is 12.1 Å². The van der Waals surface area contributed by atoms with Gasteiger partial charge in [0.1, 0.15) is 5.75 Å². The quantitative estimate of drug-likeness (QED) is 0.765. The molecule has 0 fully saturated rings. The minimum atomic E-state index is 0.255. The first-order chi connectivity index (χ1) is 6.06. The SMILES string of the molecule is CCC(C)c1cc(O)cc(Cl)c1C. The van der Waals surface area contributed by atoms with Crippen molar-refractivity contribution in [2.24, 2.45) is 0 Å². The van der Waals surface area contributed by atoms with Gasteiger partial charge in [-0.15, -0.1) is 0 Å². The molecule has 0 spiro atoms. The van der Waals surface area contributed by atoms with Crippen molar-refractivity contribution in [1.29, 1.82) is 0 Å². The van der Waals surface area contributed by atoms with Gasteiger partial charge in [0.25, 0.3) is 0 Å². The average Bonchev–Trinajstić information content (AvgIpc) is 2.10. The highest BCUT2D eigenvalue weighted by atomic mass is 35.5. The molecule has 0 radical (unpaired) electrons. The summed E-state index contributed by atoms with van der Waals surface area (Å²) in [4.78, 5) is 0. The number of phenolic OH excluding ortho intramolecular Hbond substituents is 1. The van der Waals surface area contributed by atoms with Crippen LogP contribution >= 0.6 is 11.6 Å². The molecule has 0 aromatic heterocycles. The summed E-state index contributed by atoms with van der Waals surface area (Å²) in [6.45, 7) is 6.25. The average molecular weight is 199 g/mol. The molecule has 1 aromatic rings. The van der Waals surface area contributed by atoms with Crippen LogP contribution in [0.3, 0.4) is 0 Å². The van der Waals surface area contributed by atoms with Crippen LogP contribution in [0.4, 0.5) is 0 Å². The van der Waals surface area contributed by atoms with Crippen LogP contribution in [0.5, 0.6) is 5.75 Å². The van der Waals surface area contributed by atoms with Gasteiger partial charge in [-0.2, -0.15) is 0 Å².